The Morgan fingerprint density at radius 1 is 1.07 bits per heavy atom. The molecule has 0 radical (unpaired) electrons. The molecule has 1 aliphatic heterocycles. The Morgan fingerprint density at radius 3 is 2.60 bits per heavy atom. The summed E-state index contributed by atoms with van der Waals surface area (Å²) >= 11 is 2.56. The number of sulfonamides is 1. The van der Waals surface area contributed by atoms with Gasteiger partial charge in [0.05, 0.1) is 29.2 Å². The lowest BCUT2D eigenvalue weighted by atomic mass is 9.89. The van der Waals surface area contributed by atoms with Gasteiger partial charge in [-0.25, -0.2) is 13.4 Å². The van der Waals surface area contributed by atoms with Gasteiger partial charge in [-0.2, -0.15) is 4.31 Å². The van der Waals surface area contributed by atoms with E-state index in [0.29, 0.717) is 47.4 Å². The van der Waals surface area contributed by atoms with Crippen molar-refractivity contribution in [2.75, 3.05) is 37.4 Å². The Hall–Kier alpha value is -3.03. The maximum Gasteiger partial charge on any atom is 0.260 e. The van der Waals surface area contributed by atoms with Gasteiger partial charge in [0.25, 0.3) is 5.56 Å². The van der Waals surface area contributed by atoms with Crippen LogP contribution in [0.1, 0.15) is 24.0 Å². The van der Waals surface area contributed by atoms with E-state index in [0.717, 1.165) is 35.7 Å². The minimum Gasteiger partial charge on any atom is -0.379 e. The van der Waals surface area contributed by atoms with Gasteiger partial charge in [0.2, 0.25) is 15.9 Å². The van der Waals surface area contributed by atoms with Crippen LogP contribution in [-0.4, -0.2) is 60.7 Å². The largest absolute Gasteiger partial charge is 0.379 e. The Kier molecular flexibility index (Phi) is 7.78. The van der Waals surface area contributed by atoms with Crippen LogP contribution in [0, 0.1) is 0 Å². The number of nitrogens with one attached hydrogen (secondary N) is 2. The predicted octanol–water partition coefficient (Wildman–Crippen LogP) is 4.28. The first-order valence-corrected chi connectivity index (χ1v) is 16.4. The van der Waals surface area contributed by atoms with Gasteiger partial charge in [-0.05, 0) is 66.6 Å². The second-order valence-corrected chi connectivity index (χ2v) is 13.5. The molecule has 1 fully saturated rings. The van der Waals surface area contributed by atoms with Crippen molar-refractivity contribution in [2.45, 2.75) is 35.7 Å². The molecule has 208 valence electrons. The highest BCUT2D eigenvalue weighted by atomic mass is 32.2. The van der Waals surface area contributed by atoms with E-state index in [1.807, 2.05) is 5.38 Å². The van der Waals surface area contributed by atoms with Crippen molar-refractivity contribution in [1.29, 1.82) is 0 Å². The molecular formula is C28H28N4O5S3. The molecule has 0 bridgehead atoms. The number of carbonyl (C=O) groups excluding carboxylic acids is 1. The lowest BCUT2D eigenvalue weighted by Gasteiger charge is -2.26. The SMILES string of the molecule is O=C(CSc1nc2scc(-c3ccc4c(c3)CCCC4)c2c(=O)[nH]1)Nc1ccc(S(=O)(=O)N2CCOCC2)cc1. The number of hydrogen-bond donors (Lipinski definition) is 2. The van der Waals surface area contributed by atoms with Crippen molar-refractivity contribution in [2.24, 2.45) is 0 Å². The average molecular weight is 597 g/mol. The van der Waals surface area contributed by atoms with E-state index in [2.05, 4.69) is 33.5 Å². The lowest BCUT2D eigenvalue weighted by molar-refractivity contribution is -0.113. The Labute approximate surface area is 240 Å². The molecule has 2 N–H and O–H groups in total. The molecule has 12 heteroatoms. The van der Waals surface area contributed by atoms with Gasteiger partial charge in [-0.15, -0.1) is 11.3 Å². The van der Waals surface area contributed by atoms with E-state index < -0.39 is 10.0 Å². The number of morpholine rings is 1. The molecule has 2 aromatic heterocycles. The van der Waals surface area contributed by atoms with Gasteiger partial charge < -0.3 is 15.0 Å². The van der Waals surface area contributed by atoms with Crippen LogP contribution in [0.15, 0.2) is 62.7 Å². The summed E-state index contributed by atoms with van der Waals surface area (Å²) in [5.74, 6) is -0.261. The quantitative estimate of drug-likeness (QED) is 0.241. The highest BCUT2D eigenvalue weighted by Crippen LogP contribution is 2.34. The minimum absolute atomic E-state index is 0.0331. The van der Waals surface area contributed by atoms with Crippen LogP contribution in [0.5, 0.6) is 0 Å². The van der Waals surface area contributed by atoms with Gasteiger partial charge in [-0.3, -0.25) is 9.59 Å². The average Bonchev–Trinajstić information content (AvgIpc) is 3.41. The van der Waals surface area contributed by atoms with Crippen LogP contribution < -0.4 is 10.9 Å². The van der Waals surface area contributed by atoms with Crippen LogP contribution in [-0.2, 0) is 32.4 Å². The number of thioether (sulfide) groups is 1. The number of aromatic amines is 1. The van der Waals surface area contributed by atoms with Crippen molar-refractivity contribution in [3.63, 3.8) is 0 Å². The molecule has 0 saturated carbocycles. The number of H-pyrrole nitrogens is 1. The number of hydrogen-bond acceptors (Lipinski definition) is 8. The van der Waals surface area contributed by atoms with Crippen molar-refractivity contribution < 1.29 is 17.9 Å². The summed E-state index contributed by atoms with van der Waals surface area (Å²) in [7, 11) is -3.60. The predicted molar refractivity (Wildman–Crippen MR) is 158 cm³/mol. The van der Waals surface area contributed by atoms with E-state index in [1.54, 1.807) is 12.1 Å². The van der Waals surface area contributed by atoms with Crippen LogP contribution in [0.25, 0.3) is 21.3 Å². The third-order valence-electron chi connectivity index (χ3n) is 7.17. The number of carbonyl (C=O) groups is 1. The van der Waals surface area contributed by atoms with Crippen molar-refractivity contribution in [3.8, 4) is 11.1 Å². The maximum atomic E-state index is 13.0. The van der Waals surface area contributed by atoms with Crippen LogP contribution in [0.2, 0.25) is 0 Å². The number of rotatable bonds is 7. The normalized spacial score (nSPS) is 16.1. The van der Waals surface area contributed by atoms with E-state index in [4.69, 9.17) is 4.74 Å². The number of ether oxygens (including phenoxy) is 1. The Bertz CT molecular complexity index is 1730. The molecule has 1 amide bonds. The van der Waals surface area contributed by atoms with Crippen LogP contribution >= 0.6 is 23.1 Å². The molecule has 0 spiro atoms. The molecule has 0 atom stereocenters. The molecule has 4 aromatic rings. The summed E-state index contributed by atoms with van der Waals surface area (Å²) in [6.07, 6.45) is 4.60. The van der Waals surface area contributed by atoms with Crippen LogP contribution in [0.4, 0.5) is 5.69 Å². The van der Waals surface area contributed by atoms with Gasteiger partial charge >= 0.3 is 0 Å². The van der Waals surface area contributed by atoms with Crippen LogP contribution in [0.3, 0.4) is 0 Å². The number of fused-ring (bicyclic) bond motifs is 2. The second kappa shape index (κ2) is 11.5. The molecule has 2 aromatic carbocycles. The third kappa shape index (κ3) is 5.59. The molecule has 1 saturated heterocycles. The molecule has 1 aliphatic carbocycles. The molecule has 3 heterocycles. The fraction of sp³-hybridized carbons (Fsp3) is 0.321. The Balaban J connectivity index is 1.11. The molecule has 9 nitrogen and oxygen atoms in total. The number of thiophene rings is 1. The maximum absolute atomic E-state index is 13.0. The number of benzene rings is 2. The van der Waals surface area contributed by atoms with E-state index in [1.165, 1.54) is 51.7 Å². The van der Waals surface area contributed by atoms with E-state index >= 15 is 0 Å². The summed E-state index contributed by atoms with van der Waals surface area (Å²) in [5, 5.41) is 5.69. The highest BCUT2D eigenvalue weighted by molar-refractivity contribution is 7.99. The van der Waals surface area contributed by atoms with Gasteiger partial charge in [0.1, 0.15) is 4.83 Å². The van der Waals surface area contributed by atoms with Crippen molar-refractivity contribution >= 4 is 54.9 Å². The fourth-order valence-electron chi connectivity index (χ4n) is 5.09. The molecule has 2 aliphatic rings. The Morgan fingerprint density at radius 2 is 1.82 bits per heavy atom. The zero-order valence-electron chi connectivity index (χ0n) is 21.6. The van der Waals surface area contributed by atoms with E-state index in [9.17, 15) is 18.0 Å². The minimum atomic E-state index is -3.60. The summed E-state index contributed by atoms with van der Waals surface area (Å²) in [6, 6.07) is 12.6. The first-order valence-electron chi connectivity index (χ1n) is 13.1. The molecule has 40 heavy (non-hydrogen) atoms. The zero-order chi connectivity index (χ0) is 27.7. The van der Waals surface area contributed by atoms with Gasteiger partial charge in [0.15, 0.2) is 5.16 Å². The molecule has 6 rings (SSSR count). The summed E-state index contributed by atoms with van der Waals surface area (Å²) in [5.41, 5.74) is 4.93. The first kappa shape index (κ1) is 27.2. The third-order valence-corrected chi connectivity index (χ3v) is 10.8. The number of aryl methyl sites for hydroxylation is 2. The summed E-state index contributed by atoms with van der Waals surface area (Å²) < 4.78 is 32.2. The standard InChI is InChI=1S/C28H28N4O5S3/c33-24(29-21-7-9-22(10-8-21)40(35,36)32-11-13-37-14-12-32)17-39-28-30-26(34)25-23(16-38-27(25)31-28)20-6-5-18-3-1-2-4-19(18)15-20/h5-10,15-16H,1-4,11-14,17H2,(H,29,33)(H,30,31,34). The fourth-order valence-corrected chi connectivity index (χ4v) is 8.16. The monoisotopic (exact) mass is 596 g/mol. The first-order chi connectivity index (χ1) is 19.4. The number of anilines is 1. The number of aromatic nitrogens is 2. The molecular weight excluding hydrogens is 569 g/mol. The molecule has 0 unspecified atom stereocenters. The number of nitrogens with zero attached hydrogens (tertiary/aromatic N) is 2. The highest BCUT2D eigenvalue weighted by Gasteiger charge is 2.26. The lowest BCUT2D eigenvalue weighted by Crippen LogP contribution is -2.40. The number of amides is 1. The van der Waals surface area contributed by atoms with Gasteiger partial charge in [-0.1, -0.05) is 30.0 Å². The second-order valence-electron chi connectivity index (χ2n) is 9.77. The summed E-state index contributed by atoms with van der Waals surface area (Å²) in [4.78, 5) is 33.9. The van der Waals surface area contributed by atoms with Crippen molar-refractivity contribution in [3.05, 3.63) is 69.3 Å². The smallest absolute Gasteiger partial charge is 0.260 e. The zero-order valence-corrected chi connectivity index (χ0v) is 24.1. The van der Waals surface area contributed by atoms with E-state index in [-0.39, 0.29) is 22.1 Å². The van der Waals surface area contributed by atoms with Gasteiger partial charge in [0, 0.05) is 29.7 Å². The topological polar surface area (TPSA) is 121 Å². The van der Waals surface area contributed by atoms with Crippen molar-refractivity contribution in [1.82, 2.24) is 14.3 Å². The summed E-state index contributed by atoms with van der Waals surface area (Å²) in [6.45, 7) is 1.39.